The van der Waals surface area contributed by atoms with Gasteiger partial charge >= 0.3 is 5.97 Å². The highest BCUT2D eigenvalue weighted by Gasteiger charge is 2.20. The van der Waals surface area contributed by atoms with E-state index in [1.807, 2.05) is 32.1 Å². The fourth-order valence-corrected chi connectivity index (χ4v) is 7.39. The van der Waals surface area contributed by atoms with Gasteiger partial charge in [0.05, 0.1) is 5.56 Å². The maximum atomic E-state index is 14.0. The Bertz CT molecular complexity index is 2100. The van der Waals surface area contributed by atoms with Crippen LogP contribution in [0.25, 0.3) is 29.7 Å². The van der Waals surface area contributed by atoms with E-state index >= 15 is 0 Å². The highest BCUT2D eigenvalue weighted by molar-refractivity contribution is 7.28. The molecular weight excluding hydrogens is 744 g/mol. The van der Waals surface area contributed by atoms with Gasteiger partial charge in [0.25, 0.3) is 5.89 Å². The largest absolute Gasteiger partial charge is 0.381 e. The van der Waals surface area contributed by atoms with Crippen LogP contribution in [-0.2, 0) is 4.84 Å². The average molecular weight is 795 g/mol. The Morgan fingerprint density at radius 1 is 0.737 bits per heavy atom. The molecular formula is C46H50F3N4O3P. The predicted octanol–water partition coefficient (Wildman–Crippen LogP) is 11.8. The van der Waals surface area contributed by atoms with Crippen molar-refractivity contribution in [1.82, 2.24) is 10.1 Å². The number of nitrogens with zero attached hydrogens (tertiary/aromatic N) is 3. The van der Waals surface area contributed by atoms with E-state index in [0.29, 0.717) is 28.5 Å². The van der Waals surface area contributed by atoms with E-state index in [1.165, 1.54) is 87.5 Å². The summed E-state index contributed by atoms with van der Waals surface area (Å²) in [4.78, 5) is 20.6. The minimum absolute atomic E-state index is 0.0959. The summed E-state index contributed by atoms with van der Waals surface area (Å²) in [7, 11) is 2.49. The molecule has 2 aliphatic rings. The lowest BCUT2D eigenvalue weighted by molar-refractivity contribution is 0.0505. The van der Waals surface area contributed by atoms with Gasteiger partial charge in [-0.1, -0.05) is 142 Å². The van der Waals surface area contributed by atoms with Crippen LogP contribution in [-0.4, -0.2) is 21.9 Å². The topological polar surface area (TPSA) is 104 Å². The molecule has 4 aromatic carbocycles. The van der Waals surface area contributed by atoms with Gasteiger partial charge in [-0.25, -0.2) is 18.0 Å². The van der Waals surface area contributed by atoms with Crippen LogP contribution in [0.5, 0.6) is 0 Å². The third-order valence-electron chi connectivity index (χ3n) is 10.00. The lowest BCUT2D eigenvalue weighted by Crippen LogP contribution is -2.12. The van der Waals surface area contributed by atoms with Gasteiger partial charge in [0.2, 0.25) is 0 Å². The van der Waals surface area contributed by atoms with Crippen LogP contribution in [0.4, 0.5) is 13.2 Å². The first-order valence-corrected chi connectivity index (χ1v) is 20.3. The minimum Gasteiger partial charge on any atom is -0.381 e. The molecule has 2 N–H and O–H groups in total. The molecule has 7 nitrogen and oxygen atoms in total. The van der Waals surface area contributed by atoms with E-state index in [9.17, 15) is 18.0 Å². The predicted molar refractivity (Wildman–Crippen MR) is 226 cm³/mol. The molecule has 0 radical (unpaired) electrons. The first kappa shape index (κ1) is 42.8. The van der Waals surface area contributed by atoms with E-state index in [4.69, 9.17) is 10.3 Å². The number of benzene rings is 4. The number of carbonyl (C=O) groups is 1. The number of nitrogens with two attached hydrogens (primary N) is 1. The van der Waals surface area contributed by atoms with Crippen LogP contribution in [0, 0.1) is 17.5 Å². The first-order valence-electron chi connectivity index (χ1n) is 19.7. The maximum Gasteiger partial charge on any atom is 0.371 e. The standard InChI is InChI=1S/C22H22F2N2O2.C22H22FN2OP.C2H6/c23-18-7-4-8-19(24)21(18)22(27)28-26-20(25)14-11-15-9-12-17(13-10-15)16-5-2-1-3-6-16;23-18-7-4-8-19(27)21(18)22-24-20(25-26-22)14-11-15-9-12-17(13-10-15)16-5-2-1-3-6-16;1-2/h4,7-14,16H,1-3,5-6H2,(H2,25,26);4,7-14,16H,1-3,5-6,27H2;1-2H3/b2*14-11+;. The molecule has 5 aromatic rings. The quantitative estimate of drug-likeness (QED) is 0.0524. The second-order valence-corrected chi connectivity index (χ2v) is 14.4. The molecule has 7 rings (SSSR count). The molecule has 0 aliphatic heterocycles. The number of amidine groups is 1. The lowest BCUT2D eigenvalue weighted by atomic mass is 9.84. The zero-order valence-electron chi connectivity index (χ0n) is 32.5. The number of aromatic nitrogens is 2. The lowest BCUT2D eigenvalue weighted by Gasteiger charge is -2.21. The van der Waals surface area contributed by atoms with Gasteiger partial charge in [-0.15, -0.1) is 9.24 Å². The summed E-state index contributed by atoms with van der Waals surface area (Å²) in [6.45, 7) is 4.00. The van der Waals surface area contributed by atoms with Gasteiger partial charge in [0.1, 0.15) is 23.0 Å². The molecule has 0 bridgehead atoms. The van der Waals surface area contributed by atoms with Crippen molar-refractivity contribution >= 4 is 44.6 Å². The molecule has 57 heavy (non-hydrogen) atoms. The molecule has 1 heterocycles. The van der Waals surface area contributed by atoms with Gasteiger partial charge in [0.15, 0.2) is 11.7 Å². The molecule has 2 saturated carbocycles. The zero-order valence-corrected chi connectivity index (χ0v) is 33.6. The third-order valence-corrected chi connectivity index (χ3v) is 10.5. The molecule has 0 spiro atoms. The third kappa shape index (κ3) is 12.3. The zero-order chi connectivity index (χ0) is 40.6. The van der Waals surface area contributed by atoms with Crippen LogP contribution in [0.15, 0.2) is 101 Å². The second kappa shape index (κ2) is 21.8. The molecule has 298 valence electrons. The molecule has 1 aromatic heterocycles. The van der Waals surface area contributed by atoms with Crippen molar-refractivity contribution < 1.29 is 27.3 Å². The molecule has 0 amide bonds. The monoisotopic (exact) mass is 794 g/mol. The summed E-state index contributed by atoms with van der Waals surface area (Å²) >= 11 is 0. The summed E-state index contributed by atoms with van der Waals surface area (Å²) in [6, 6.07) is 24.8. The van der Waals surface area contributed by atoms with Crippen molar-refractivity contribution in [2.45, 2.75) is 89.9 Å². The van der Waals surface area contributed by atoms with Gasteiger partial charge in [-0.3, -0.25) is 0 Å². The molecule has 11 heteroatoms. The van der Waals surface area contributed by atoms with Gasteiger partial charge in [-0.2, -0.15) is 4.98 Å². The summed E-state index contributed by atoms with van der Waals surface area (Å²) in [5, 5.41) is 8.03. The smallest absolute Gasteiger partial charge is 0.371 e. The normalized spacial score (nSPS) is 15.2. The second-order valence-electron chi connectivity index (χ2n) is 13.8. The maximum absolute atomic E-state index is 14.0. The Morgan fingerprint density at radius 3 is 1.79 bits per heavy atom. The van der Waals surface area contributed by atoms with Gasteiger partial charge < -0.3 is 15.1 Å². The fraction of sp³-hybridized carbons (Fsp3) is 0.304. The summed E-state index contributed by atoms with van der Waals surface area (Å²) in [5.41, 5.74) is 9.97. The van der Waals surface area contributed by atoms with Crippen molar-refractivity contribution in [2.75, 3.05) is 0 Å². The molecule has 1 unspecified atom stereocenters. The number of halogens is 3. The van der Waals surface area contributed by atoms with Crippen molar-refractivity contribution in [3.05, 3.63) is 142 Å². The van der Waals surface area contributed by atoms with Crippen LogP contribution in [0.3, 0.4) is 0 Å². The Kier molecular flexibility index (Phi) is 16.4. The molecule has 2 fully saturated rings. The summed E-state index contributed by atoms with van der Waals surface area (Å²) in [5.74, 6) is -1.81. The van der Waals surface area contributed by atoms with E-state index < -0.39 is 23.2 Å². The molecule has 2 aliphatic carbocycles. The SMILES string of the molecule is CC.Fc1cccc(P)c1-c1nc(/C=C/c2ccc(C3CCCCC3)cc2)no1.NC(/C=C/c1ccc(C2CCCCC2)cc1)=N\OC(=O)c1c(F)cccc1F. The Balaban J connectivity index is 0.000000209. The molecule has 0 saturated heterocycles. The van der Waals surface area contributed by atoms with Crippen LogP contribution < -0.4 is 11.0 Å². The first-order chi connectivity index (χ1) is 27.7. The fourth-order valence-electron chi connectivity index (χ4n) is 7.02. The van der Waals surface area contributed by atoms with E-state index in [2.05, 4.69) is 65.8 Å². The van der Waals surface area contributed by atoms with E-state index in [1.54, 1.807) is 24.3 Å². The summed E-state index contributed by atoms with van der Waals surface area (Å²) in [6.07, 6.45) is 19.9. The van der Waals surface area contributed by atoms with Crippen LogP contribution in [0.2, 0.25) is 0 Å². The number of hydrogen-bond acceptors (Lipinski definition) is 6. The van der Waals surface area contributed by atoms with Crippen molar-refractivity contribution in [3.63, 3.8) is 0 Å². The average Bonchev–Trinajstić information content (AvgIpc) is 3.71. The van der Waals surface area contributed by atoms with Crippen LogP contribution >= 0.6 is 9.24 Å². The highest BCUT2D eigenvalue weighted by atomic mass is 31.0. The van der Waals surface area contributed by atoms with Crippen molar-refractivity contribution in [2.24, 2.45) is 10.9 Å². The Labute approximate surface area is 335 Å². The van der Waals surface area contributed by atoms with Crippen molar-refractivity contribution in [3.8, 4) is 11.5 Å². The van der Waals surface area contributed by atoms with Crippen molar-refractivity contribution in [1.29, 1.82) is 0 Å². The summed E-state index contributed by atoms with van der Waals surface area (Å²) < 4.78 is 46.3. The number of oxime groups is 1. The number of carbonyl (C=O) groups excluding carboxylic acids is 1. The number of rotatable bonds is 9. The Hall–Kier alpha value is -5.34. The van der Waals surface area contributed by atoms with Gasteiger partial charge in [-0.05, 0) is 95.4 Å². The van der Waals surface area contributed by atoms with E-state index in [0.717, 1.165) is 29.3 Å². The Morgan fingerprint density at radius 2 is 1.25 bits per heavy atom. The van der Waals surface area contributed by atoms with Gasteiger partial charge in [0, 0.05) is 0 Å². The highest BCUT2D eigenvalue weighted by Crippen LogP contribution is 2.34. The molecule has 1 atom stereocenters. The van der Waals surface area contributed by atoms with Crippen LogP contribution in [0.1, 0.15) is 128 Å². The van der Waals surface area contributed by atoms with E-state index in [-0.39, 0.29) is 17.5 Å². The minimum atomic E-state index is -1.25. The number of hydrogen-bond donors (Lipinski definition) is 1.